The Bertz CT molecular complexity index is 480. The molecule has 1 unspecified atom stereocenters. The van der Waals surface area contributed by atoms with E-state index in [9.17, 15) is 4.79 Å². The minimum Gasteiger partial charge on any atom is -0.496 e. The molecule has 104 valence electrons. The van der Waals surface area contributed by atoms with Crippen LogP contribution in [0.4, 0.5) is 0 Å². The number of esters is 1. The highest BCUT2D eigenvalue weighted by molar-refractivity contribution is 5.81. The highest BCUT2D eigenvalue weighted by Gasteiger charge is 2.57. The Morgan fingerprint density at radius 3 is 2.53 bits per heavy atom. The summed E-state index contributed by atoms with van der Waals surface area (Å²) in [6.45, 7) is 2.04. The van der Waals surface area contributed by atoms with Gasteiger partial charge in [-0.15, -0.1) is 0 Å². The Morgan fingerprint density at radius 2 is 2.05 bits per heavy atom. The van der Waals surface area contributed by atoms with Crippen molar-refractivity contribution in [2.45, 2.75) is 25.8 Å². The molecule has 1 aromatic carbocycles. The molecule has 0 aromatic heterocycles. The molecule has 0 heterocycles. The first kappa shape index (κ1) is 13.9. The number of hydrogen-bond donors (Lipinski definition) is 1. The number of ether oxygens (including phenoxy) is 2. The summed E-state index contributed by atoms with van der Waals surface area (Å²) in [6, 6.07) is 5.95. The van der Waals surface area contributed by atoms with Gasteiger partial charge in [0.05, 0.1) is 25.7 Å². The third kappa shape index (κ3) is 2.32. The van der Waals surface area contributed by atoms with E-state index in [0.717, 1.165) is 29.7 Å². The Labute approximate surface area is 114 Å². The van der Waals surface area contributed by atoms with Gasteiger partial charge < -0.3 is 14.8 Å². The van der Waals surface area contributed by atoms with Gasteiger partial charge in [-0.25, -0.2) is 0 Å². The maximum atomic E-state index is 12.1. The first-order chi connectivity index (χ1) is 9.08. The van der Waals surface area contributed by atoms with Crippen LogP contribution in [0.15, 0.2) is 18.2 Å². The predicted octanol–water partition coefficient (Wildman–Crippen LogP) is 2.22. The molecule has 1 saturated carbocycles. The fourth-order valence-corrected chi connectivity index (χ4v) is 2.76. The van der Waals surface area contributed by atoms with Crippen LogP contribution in [0.5, 0.6) is 5.75 Å². The van der Waals surface area contributed by atoms with E-state index in [1.165, 1.54) is 7.11 Å². The molecule has 1 aromatic rings. The molecular weight excluding hydrogens is 242 g/mol. The van der Waals surface area contributed by atoms with Crippen molar-refractivity contribution in [3.05, 3.63) is 29.3 Å². The lowest BCUT2D eigenvalue weighted by Crippen LogP contribution is -2.33. The second-order valence-corrected chi connectivity index (χ2v) is 5.11. The number of nitrogens with one attached hydrogen (secondary N) is 1. The minimum atomic E-state index is -0.440. The SMILES string of the molecule is CNC(c1cc(C)ccc1OC)C1(C(=O)OC)CC1. The highest BCUT2D eigenvalue weighted by atomic mass is 16.5. The van der Waals surface area contributed by atoms with E-state index in [1.807, 2.05) is 26.1 Å². The average Bonchev–Trinajstić information content (AvgIpc) is 3.20. The summed E-state index contributed by atoms with van der Waals surface area (Å²) in [7, 11) is 4.97. The van der Waals surface area contributed by atoms with Crippen molar-refractivity contribution in [3.63, 3.8) is 0 Å². The van der Waals surface area contributed by atoms with Crippen molar-refractivity contribution in [3.8, 4) is 5.75 Å². The molecule has 0 saturated heterocycles. The standard InChI is InChI=1S/C15H21NO3/c1-10-5-6-12(18-3)11(9-10)13(16-2)15(7-8-15)14(17)19-4/h5-6,9,13,16H,7-8H2,1-4H3. The van der Waals surface area contributed by atoms with Gasteiger partial charge in [0, 0.05) is 5.56 Å². The summed E-state index contributed by atoms with van der Waals surface area (Å²) in [6.07, 6.45) is 1.70. The van der Waals surface area contributed by atoms with Crippen molar-refractivity contribution < 1.29 is 14.3 Å². The van der Waals surface area contributed by atoms with E-state index in [-0.39, 0.29) is 12.0 Å². The van der Waals surface area contributed by atoms with Crippen LogP contribution in [0, 0.1) is 12.3 Å². The Morgan fingerprint density at radius 1 is 1.37 bits per heavy atom. The Balaban J connectivity index is 2.43. The molecule has 0 amide bonds. The lowest BCUT2D eigenvalue weighted by molar-refractivity contribution is -0.148. The van der Waals surface area contributed by atoms with E-state index >= 15 is 0 Å². The molecule has 0 radical (unpaired) electrons. The quantitative estimate of drug-likeness (QED) is 0.827. The second-order valence-electron chi connectivity index (χ2n) is 5.11. The molecule has 1 N–H and O–H groups in total. The number of methoxy groups -OCH3 is 2. The molecule has 1 atom stereocenters. The highest BCUT2D eigenvalue weighted by Crippen LogP contribution is 2.56. The second kappa shape index (κ2) is 5.21. The summed E-state index contributed by atoms with van der Waals surface area (Å²) in [4.78, 5) is 12.1. The largest absolute Gasteiger partial charge is 0.496 e. The lowest BCUT2D eigenvalue weighted by atomic mass is 9.88. The smallest absolute Gasteiger partial charge is 0.313 e. The summed E-state index contributed by atoms with van der Waals surface area (Å²) in [5.74, 6) is 0.663. The van der Waals surface area contributed by atoms with Gasteiger partial charge in [0.1, 0.15) is 5.75 Å². The number of benzene rings is 1. The molecule has 1 aliphatic carbocycles. The van der Waals surface area contributed by atoms with Gasteiger partial charge in [-0.05, 0) is 32.9 Å². The molecule has 4 heteroatoms. The van der Waals surface area contributed by atoms with Crippen LogP contribution < -0.4 is 10.1 Å². The third-order valence-corrected chi connectivity index (χ3v) is 3.92. The maximum absolute atomic E-state index is 12.1. The van der Waals surface area contributed by atoms with E-state index in [1.54, 1.807) is 7.11 Å². The number of carbonyl (C=O) groups excluding carboxylic acids is 1. The van der Waals surface area contributed by atoms with E-state index in [4.69, 9.17) is 9.47 Å². The molecule has 0 bridgehead atoms. The van der Waals surface area contributed by atoms with Gasteiger partial charge in [0.15, 0.2) is 0 Å². The van der Waals surface area contributed by atoms with Gasteiger partial charge in [-0.3, -0.25) is 4.79 Å². The molecule has 4 nitrogen and oxygen atoms in total. The van der Waals surface area contributed by atoms with E-state index in [2.05, 4.69) is 11.4 Å². The zero-order chi connectivity index (χ0) is 14.0. The van der Waals surface area contributed by atoms with Gasteiger partial charge in [-0.2, -0.15) is 0 Å². The van der Waals surface area contributed by atoms with Crippen molar-refractivity contribution in [1.29, 1.82) is 0 Å². The minimum absolute atomic E-state index is 0.0743. The van der Waals surface area contributed by atoms with Crippen LogP contribution in [0.25, 0.3) is 0 Å². The third-order valence-electron chi connectivity index (χ3n) is 3.92. The Kier molecular flexibility index (Phi) is 3.80. The topological polar surface area (TPSA) is 47.6 Å². The zero-order valence-corrected chi connectivity index (χ0v) is 11.9. The molecule has 0 spiro atoms. The molecular formula is C15H21NO3. The summed E-state index contributed by atoms with van der Waals surface area (Å²) in [5.41, 5.74) is 1.73. The molecule has 19 heavy (non-hydrogen) atoms. The number of rotatable bonds is 5. The summed E-state index contributed by atoms with van der Waals surface area (Å²) < 4.78 is 10.4. The van der Waals surface area contributed by atoms with Crippen LogP contribution in [-0.2, 0) is 9.53 Å². The first-order valence-corrected chi connectivity index (χ1v) is 6.49. The average molecular weight is 263 g/mol. The fraction of sp³-hybridized carbons (Fsp3) is 0.533. The van der Waals surface area contributed by atoms with Crippen LogP contribution in [0.3, 0.4) is 0 Å². The number of aryl methyl sites for hydroxylation is 1. The van der Waals surface area contributed by atoms with Crippen molar-refractivity contribution >= 4 is 5.97 Å². The molecule has 2 rings (SSSR count). The van der Waals surface area contributed by atoms with Crippen molar-refractivity contribution in [1.82, 2.24) is 5.32 Å². The number of carbonyl (C=O) groups is 1. The van der Waals surface area contributed by atoms with Crippen LogP contribution in [0.2, 0.25) is 0 Å². The summed E-state index contributed by atoms with van der Waals surface area (Å²) >= 11 is 0. The van der Waals surface area contributed by atoms with E-state index < -0.39 is 5.41 Å². The Hall–Kier alpha value is -1.55. The van der Waals surface area contributed by atoms with Gasteiger partial charge in [-0.1, -0.05) is 17.7 Å². The monoisotopic (exact) mass is 263 g/mol. The number of hydrogen-bond acceptors (Lipinski definition) is 4. The normalized spacial score (nSPS) is 17.7. The van der Waals surface area contributed by atoms with Crippen LogP contribution in [0.1, 0.15) is 30.0 Å². The van der Waals surface area contributed by atoms with Crippen molar-refractivity contribution in [2.75, 3.05) is 21.3 Å². The predicted molar refractivity (Wildman–Crippen MR) is 73.2 cm³/mol. The lowest BCUT2D eigenvalue weighted by Gasteiger charge is -2.26. The van der Waals surface area contributed by atoms with Crippen LogP contribution in [-0.4, -0.2) is 27.2 Å². The van der Waals surface area contributed by atoms with Crippen LogP contribution >= 0.6 is 0 Å². The maximum Gasteiger partial charge on any atom is 0.313 e. The molecule has 0 aliphatic heterocycles. The molecule has 1 fully saturated rings. The van der Waals surface area contributed by atoms with Crippen molar-refractivity contribution in [2.24, 2.45) is 5.41 Å². The van der Waals surface area contributed by atoms with Gasteiger partial charge in [0.25, 0.3) is 0 Å². The molecule has 1 aliphatic rings. The first-order valence-electron chi connectivity index (χ1n) is 6.49. The fourth-order valence-electron chi connectivity index (χ4n) is 2.76. The van der Waals surface area contributed by atoms with Gasteiger partial charge >= 0.3 is 5.97 Å². The van der Waals surface area contributed by atoms with Gasteiger partial charge in [0.2, 0.25) is 0 Å². The summed E-state index contributed by atoms with van der Waals surface area (Å²) in [5, 5.41) is 3.26. The van der Waals surface area contributed by atoms with E-state index in [0.29, 0.717) is 0 Å². The zero-order valence-electron chi connectivity index (χ0n) is 11.9.